The van der Waals surface area contributed by atoms with E-state index in [9.17, 15) is 18.5 Å². The Kier molecular flexibility index (Phi) is 4.14. The van der Waals surface area contributed by atoms with Crippen molar-refractivity contribution in [3.05, 3.63) is 46.3 Å². The normalized spacial score (nSPS) is 11.3. The number of rotatable bonds is 5. The minimum Gasteiger partial charge on any atom is -0.490 e. The Bertz CT molecular complexity index is 787. The molecule has 1 aromatic carbocycles. The molecule has 1 aromatic heterocycles. The Morgan fingerprint density at radius 1 is 1.48 bits per heavy atom. The molecule has 0 amide bonds. The van der Waals surface area contributed by atoms with Crippen molar-refractivity contribution in [2.24, 2.45) is 0 Å². The molecule has 1 heterocycles. The van der Waals surface area contributed by atoms with Gasteiger partial charge in [0.15, 0.2) is 5.75 Å². The summed E-state index contributed by atoms with van der Waals surface area (Å²) in [5.41, 5.74) is 0.400. The second-order valence-corrected chi connectivity index (χ2v) is 6.64. The molecule has 0 bridgehead atoms. The van der Waals surface area contributed by atoms with Gasteiger partial charge in [0.25, 0.3) is 9.05 Å². The molecule has 2 aromatic rings. The van der Waals surface area contributed by atoms with Crippen molar-refractivity contribution in [1.82, 2.24) is 9.78 Å². The summed E-state index contributed by atoms with van der Waals surface area (Å²) in [5, 5.41) is 14.8. The van der Waals surface area contributed by atoms with Crippen LogP contribution in [0, 0.1) is 10.1 Å². The Hall–Kier alpha value is -2.13. The van der Waals surface area contributed by atoms with Gasteiger partial charge in [-0.2, -0.15) is 5.10 Å². The molecule has 0 fully saturated rings. The molecule has 21 heavy (non-hydrogen) atoms. The number of nitro groups is 1. The average molecular weight is 332 g/mol. The fourth-order valence-electron chi connectivity index (χ4n) is 1.72. The van der Waals surface area contributed by atoms with Crippen molar-refractivity contribution in [1.29, 1.82) is 0 Å². The molecular weight excluding hydrogens is 322 g/mol. The predicted octanol–water partition coefficient (Wildman–Crippen LogP) is 1.78. The summed E-state index contributed by atoms with van der Waals surface area (Å²) in [6.07, 6.45) is 2.36. The molecule has 0 N–H and O–H groups in total. The van der Waals surface area contributed by atoms with E-state index in [0.29, 0.717) is 5.56 Å². The van der Waals surface area contributed by atoms with Crippen molar-refractivity contribution < 1.29 is 18.1 Å². The van der Waals surface area contributed by atoms with E-state index in [1.165, 1.54) is 30.1 Å². The van der Waals surface area contributed by atoms with Crippen LogP contribution in [-0.2, 0) is 15.6 Å². The lowest BCUT2D eigenvalue weighted by molar-refractivity contribution is -0.385. The first-order valence-electron chi connectivity index (χ1n) is 5.59. The molecular formula is C11H10ClN3O5S. The number of aromatic nitrogens is 2. The maximum atomic E-state index is 11.1. The van der Waals surface area contributed by atoms with Crippen LogP contribution in [0.25, 0.3) is 0 Å². The molecule has 10 heteroatoms. The minimum absolute atomic E-state index is 0.132. The van der Waals surface area contributed by atoms with E-state index in [4.69, 9.17) is 15.4 Å². The van der Waals surface area contributed by atoms with Gasteiger partial charge in [-0.25, -0.2) is 8.42 Å². The monoisotopic (exact) mass is 331 g/mol. The molecule has 2 rings (SSSR count). The number of nitrogens with zero attached hydrogens (tertiary/aromatic N) is 3. The lowest BCUT2D eigenvalue weighted by atomic mass is 10.2. The summed E-state index contributed by atoms with van der Waals surface area (Å²) in [4.78, 5) is 10.2. The molecule has 0 atom stereocenters. The number of nitro benzene ring substituents is 1. The first-order valence-corrected chi connectivity index (χ1v) is 7.90. The fourth-order valence-corrected chi connectivity index (χ4v) is 2.38. The zero-order valence-corrected chi connectivity index (χ0v) is 12.3. The van der Waals surface area contributed by atoms with Gasteiger partial charge in [0, 0.05) is 22.9 Å². The standard InChI is InChI=1S/C11H10ClN3O5S/c1-20-11-3-2-8(4-10(11)15(16)17)6-14-7-9(5-13-14)21(12,18)19/h2-5,7H,6H2,1H3. The fraction of sp³-hybridized carbons (Fsp3) is 0.182. The number of hydrogen-bond acceptors (Lipinski definition) is 6. The molecule has 0 radical (unpaired) electrons. The topological polar surface area (TPSA) is 104 Å². The molecule has 0 unspecified atom stereocenters. The van der Waals surface area contributed by atoms with Crippen LogP contribution in [0.2, 0.25) is 0 Å². The lowest BCUT2D eigenvalue weighted by Gasteiger charge is -2.05. The summed E-state index contributed by atoms with van der Waals surface area (Å²) >= 11 is 0. The molecule has 8 nitrogen and oxygen atoms in total. The van der Waals surface area contributed by atoms with Crippen LogP contribution in [-0.4, -0.2) is 30.2 Å². The van der Waals surface area contributed by atoms with E-state index in [-0.39, 0.29) is 22.9 Å². The number of hydrogen-bond donors (Lipinski definition) is 0. The predicted molar refractivity (Wildman–Crippen MR) is 74.0 cm³/mol. The van der Waals surface area contributed by atoms with Crippen molar-refractivity contribution in [2.45, 2.75) is 11.4 Å². The molecule has 0 aliphatic carbocycles. The quantitative estimate of drug-likeness (QED) is 0.470. The van der Waals surface area contributed by atoms with Crippen molar-refractivity contribution >= 4 is 25.4 Å². The van der Waals surface area contributed by atoms with Crippen molar-refractivity contribution in [3.63, 3.8) is 0 Å². The molecule has 0 saturated heterocycles. The maximum Gasteiger partial charge on any atom is 0.311 e. The van der Waals surface area contributed by atoms with Crippen LogP contribution in [0.5, 0.6) is 5.75 Å². The highest BCUT2D eigenvalue weighted by Gasteiger charge is 2.16. The third-order valence-electron chi connectivity index (χ3n) is 2.68. The molecule has 112 valence electrons. The molecule has 0 aliphatic rings. The maximum absolute atomic E-state index is 11.1. The van der Waals surface area contributed by atoms with Gasteiger partial charge in [-0.3, -0.25) is 14.8 Å². The van der Waals surface area contributed by atoms with Crippen LogP contribution >= 0.6 is 10.7 Å². The summed E-state index contributed by atoms with van der Waals surface area (Å²) in [5.74, 6) is 0.147. The third-order valence-corrected chi connectivity index (χ3v) is 3.98. The molecule has 0 aliphatic heterocycles. The zero-order chi connectivity index (χ0) is 15.6. The van der Waals surface area contributed by atoms with Gasteiger partial charge in [0.05, 0.1) is 24.8 Å². The highest BCUT2D eigenvalue weighted by molar-refractivity contribution is 8.13. The second kappa shape index (κ2) is 5.70. The van der Waals surface area contributed by atoms with Crippen LogP contribution in [0.15, 0.2) is 35.5 Å². The van der Waals surface area contributed by atoms with E-state index in [1.807, 2.05) is 0 Å². The molecule has 0 saturated carbocycles. The second-order valence-electron chi connectivity index (χ2n) is 4.07. The van der Waals surface area contributed by atoms with E-state index in [1.54, 1.807) is 6.07 Å². The van der Waals surface area contributed by atoms with Crippen molar-refractivity contribution in [3.8, 4) is 5.75 Å². The summed E-state index contributed by atoms with van der Waals surface area (Å²) in [7, 11) is 2.69. The largest absolute Gasteiger partial charge is 0.490 e. The highest BCUT2D eigenvalue weighted by atomic mass is 35.7. The first-order chi connectivity index (χ1) is 9.81. The van der Waals surface area contributed by atoms with Crippen LogP contribution < -0.4 is 4.74 Å². The van der Waals surface area contributed by atoms with Crippen molar-refractivity contribution in [2.75, 3.05) is 7.11 Å². The number of halogens is 1. The zero-order valence-electron chi connectivity index (χ0n) is 10.8. The third kappa shape index (κ3) is 3.50. The SMILES string of the molecule is COc1ccc(Cn2cc(S(=O)(=O)Cl)cn2)cc1[N+](=O)[O-]. The van der Waals surface area contributed by atoms with Gasteiger partial charge < -0.3 is 4.74 Å². The van der Waals surface area contributed by atoms with Crippen LogP contribution in [0.4, 0.5) is 5.69 Å². The number of ether oxygens (including phenoxy) is 1. The van der Waals surface area contributed by atoms with Gasteiger partial charge in [-0.15, -0.1) is 0 Å². The van der Waals surface area contributed by atoms with Crippen LogP contribution in [0.3, 0.4) is 0 Å². The van der Waals surface area contributed by atoms with Gasteiger partial charge >= 0.3 is 5.69 Å². The Balaban J connectivity index is 2.30. The summed E-state index contributed by atoms with van der Waals surface area (Å²) in [6, 6.07) is 4.44. The van der Waals surface area contributed by atoms with E-state index in [2.05, 4.69) is 5.10 Å². The van der Waals surface area contributed by atoms with Gasteiger partial charge in [0.2, 0.25) is 0 Å². The number of methoxy groups -OCH3 is 1. The lowest BCUT2D eigenvalue weighted by Crippen LogP contribution is -2.02. The Morgan fingerprint density at radius 3 is 2.71 bits per heavy atom. The Morgan fingerprint density at radius 2 is 2.19 bits per heavy atom. The highest BCUT2D eigenvalue weighted by Crippen LogP contribution is 2.27. The number of benzene rings is 1. The van der Waals surface area contributed by atoms with Gasteiger partial charge in [-0.1, -0.05) is 6.07 Å². The summed E-state index contributed by atoms with van der Waals surface area (Å²) < 4.78 is 28.5. The summed E-state index contributed by atoms with van der Waals surface area (Å²) in [6.45, 7) is 0.164. The van der Waals surface area contributed by atoms with E-state index < -0.39 is 14.0 Å². The van der Waals surface area contributed by atoms with Crippen LogP contribution in [0.1, 0.15) is 5.56 Å². The van der Waals surface area contributed by atoms with Gasteiger partial charge in [0.1, 0.15) is 4.90 Å². The molecule has 0 spiro atoms. The smallest absolute Gasteiger partial charge is 0.311 e. The Labute approximate surface area is 124 Å². The average Bonchev–Trinajstić information content (AvgIpc) is 2.87. The van der Waals surface area contributed by atoms with E-state index >= 15 is 0 Å². The van der Waals surface area contributed by atoms with Gasteiger partial charge in [-0.05, 0) is 11.6 Å². The van der Waals surface area contributed by atoms with E-state index in [0.717, 1.165) is 6.20 Å². The first kappa shape index (κ1) is 15.3. The minimum atomic E-state index is -3.85.